The van der Waals surface area contributed by atoms with Gasteiger partial charge in [-0.05, 0) is 43.5 Å². The number of nitrogens with zero attached hydrogens (tertiary/aromatic N) is 5. The Morgan fingerprint density at radius 3 is 2.72 bits per heavy atom. The maximum atomic E-state index is 10.9. The first-order chi connectivity index (χ1) is 15.5. The number of aromatic nitrogens is 5. The monoisotopic (exact) mass is 468 g/mol. The lowest BCUT2D eigenvalue weighted by Crippen LogP contribution is -2.29. The van der Waals surface area contributed by atoms with E-state index in [2.05, 4.69) is 43.1 Å². The van der Waals surface area contributed by atoms with Gasteiger partial charge in [0, 0.05) is 27.5 Å². The molecule has 0 aliphatic carbocycles. The number of nitrogens with one attached hydrogen (secondary N) is 1. The first kappa shape index (κ1) is 21.2. The molecule has 164 valence electrons. The minimum Gasteiger partial charge on any atom is -0.371 e. The fourth-order valence-electron chi connectivity index (χ4n) is 4.16. The van der Waals surface area contributed by atoms with Gasteiger partial charge in [-0.1, -0.05) is 47.5 Å². The molecule has 9 heteroatoms. The van der Waals surface area contributed by atoms with Gasteiger partial charge in [-0.2, -0.15) is 5.10 Å². The van der Waals surface area contributed by atoms with Crippen molar-refractivity contribution in [3.05, 3.63) is 93.5 Å². The number of rotatable bonds is 5. The molecule has 1 aliphatic rings. The normalized spacial score (nSPS) is 16.3. The van der Waals surface area contributed by atoms with Crippen LogP contribution in [-0.2, 0) is 13.0 Å². The van der Waals surface area contributed by atoms with E-state index in [-0.39, 0.29) is 11.9 Å². The SMILES string of the molecule is Cc1cnc2n1-c1ccccc1CCC2NC(O)c1ncn(Cc2c(Cl)cccc2Cl)n1. The second kappa shape index (κ2) is 8.67. The predicted molar refractivity (Wildman–Crippen MR) is 123 cm³/mol. The number of benzene rings is 2. The fourth-order valence-corrected chi connectivity index (χ4v) is 4.68. The smallest absolute Gasteiger partial charge is 0.194 e. The van der Waals surface area contributed by atoms with Crippen molar-refractivity contribution in [3.63, 3.8) is 0 Å². The number of fused-ring (bicyclic) bond motifs is 3. The molecule has 4 aromatic rings. The summed E-state index contributed by atoms with van der Waals surface area (Å²) in [6.07, 6.45) is 4.04. The summed E-state index contributed by atoms with van der Waals surface area (Å²) in [7, 11) is 0. The molecule has 0 spiro atoms. The summed E-state index contributed by atoms with van der Waals surface area (Å²) < 4.78 is 3.76. The number of hydrogen-bond acceptors (Lipinski definition) is 5. The molecule has 0 fully saturated rings. The van der Waals surface area contributed by atoms with E-state index < -0.39 is 6.23 Å². The topological polar surface area (TPSA) is 80.8 Å². The Labute approximate surface area is 195 Å². The lowest BCUT2D eigenvalue weighted by Gasteiger charge is -2.20. The summed E-state index contributed by atoms with van der Waals surface area (Å²) >= 11 is 12.5. The van der Waals surface area contributed by atoms with Crippen LogP contribution in [0.3, 0.4) is 0 Å². The van der Waals surface area contributed by atoms with Crippen molar-refractivity contribution in [1.29, 1.82) is 0 Å². The van der Waals surface area contributed by atoms with E-state index in [1.165, 1.54) is 5.56 Å². The third kappa shape index (κ3) is 3.93. The van der Waals surface area contributed by atoms with Crippen LogP contribution >= 0.6 is 23.2 Å². The van der Waals surface area contributed by atoms with Crippen molar-refractivity contribution < 1.29 is 5.11 Å². The van der Waals surface area contributed by atoms with Gasteiger partial charge in [-0.25, -0.2) is 14.6 Å². The van der Waals surface area contributed by atoms with Crippen molar-refractivity contribution in [2.45, 2.75) is 38.6 Å². The molecule has 5 rings (SSSR count). The van der Waals surface area contributed by atoms with Crippen LogP contribution in [-0.4, -0.2) is 29.4 Å². The lowest BCUT2D eigenvalue weighted by molar-refractivity contribution is 0.110. The van der Waals surface area contributed by atoms with E-state index in [1.807, 2.05) is 19.2 Å². The van der Waals surface area contributed by atoms with Crippen LogP contribution in [0.1, 0.15) is 47.2 Å². The van der Waals surface area contributed by atoms with Crippen LogP contribution in [0.2, 0.25) is 10.0 Å². The third-order valence-corrected chi connectivity index (χ3v) is 6.46. The first-order valence-corrected chi connectivity index (χ1v) is 11.2. The molecule has 32 heavy (non-hydrogen) atoms. The highest BCUT2D eigenvalue weighted by atomic mass is 35.5. The Balaban J connectivity index is 1.36. The van der Waals surface area contributed by atoms with E-state index in [1.54, 1.807) is 29.2 Å². The van der Waals surface area contributed by atoms with Crippen LogP contribution in [0.5, 0.6) is 0 Å². The molecule has 0 saturated heterocycles. The largest absolute Gasteiger partial charge is 0.371 e. The Bertz CT molecular complexity index is 1250. The highest BCUT2D eigenvalue weighted by Gasteiger charge is 2.27. The Morgan fingerprint density at radius 2 is 1.91 bits per heavy atom. The van der Waals surface area contributed by atoms with Gasteiger partial charge >= 0.3 is 0 Å². The minimum atomic E-state index is -1.05. The maximum absolute atomic E-state index is 10.9. The molecule has 2 atom stereocenters. The van der Waals surface area contributed by atoms with Crippen LogP contribution < -0.4 is 5.32 Å². The van der Waals surface area contributed by atoms with E-state index >= 15 is 0 Å². The predicted octanol–water partition coefficient (Wildman–Crippen LogP) is 4.40. The summed E-state index contributed by atoms with van der Waals surface area (Å²) in [6.45, 7) is 2.40. The first-order valence-electron chi connectivity index (χ1n) is 10.4. The number of para-hydroxylation sites is 1. The van der Waals surface area contributed by atoms with Crippen molar-refractivity contribution in [3.8, 4) is 5.69 Å². The molecule has 0 saturated carbocycles. The van der Waals surface area contributed by atoms with E-state index in [9.17, 15) is 5.11 Å². The fraction of sp³-hybridized carbons (Fsp3) is 0.261. The quantitative estimate of drug-likeness (QED) is 0.424. The number of hydrogen-bond donors (Lipinski definition) is 2. The second-order valence-corrected chi connectivity index (χ2v) is 8.70. The van der Waals surface area contributed by atoms with Gasteiger partial charge in [-0.3, -0.25) is 9.88 Å². The van der Waals surface area contributed by atoms with Crippen molar-refractivity contribution in [2.24, 2.45) is 0 Å². The molecular formula is C23H22Cl2N6O. The molecule has 3 heterocycles. The number of aliphatic hydroxyl groups is 1. The van der Waals surface area contributed by atoms with Crippen LogP contribution in [0.15, 0.2) is 55.0 Å². The Kier molecular flexibility index (Phi) is 5.73. The summed E-state index contributed by atoms with van der Waals surface area (Å²) in [4.78, 5) is 8.92. The summed E-state index contributed by atoms with van der Waals surface area (Å²) in [6, 6.07) is 13.5. The number of aliphatic hydroxyl groups excluding tert-OH is 1. The van der Waals surface area contributed by atoms with E-state index in [0.717, 1.165) is 35.6 Å². The van der Waals surface area contributed by atoms with Gasteiger partial charge in [0.05, 0.1) is 18.3 Å². The van der Waals surface area contributed by atoms with Gasteiger partial charge in [-0.15, -0.1) is 0 Å². The molecule has 2 aromatic heterocycles. The average molecular weight is 469 g/mol. The second-order valence-electron chi connectivity index (χ2n) is 7.88. The van der Waals surface area contributed by atoms with Crippen molar-refractivity contribution >= 4 is 23.2 Å². The Morgan fingerprint density at radius 1 is 1.12 bits per heavy atom. The zero-order valence-corrected chi connectivity index (χ0v) is 18.9. The Hall–Kier alpha value is -2.71. The van der Waals surface area contributed by atoms with Gasteiger partial charge in [0.25, 0.3) is 0 Å². The van der Waals surface area contributed by atoms with Crippen molar-refractivity contribution in [2.75, 3.05) is 0 Å². The third-order valence-electron chi connectivity index (χ3n) is 5.75. The van der Waals surface area contributed by atoms with E-state index in [0.29, 0.717) is 16.6 Å². The standard InChI is InChI=1S/C23H22Cl2N6O/c1-14-11-26-22-19(10-9-15-5-2-3-8-20(15)31(14)22)28-23(32)21-27-13-30(29-21)12-16-17(24)6-4-7-18(16)25/h2-8,11,13,19,23,28,32H,9-10,12H2,1H3. The van der Waals surface area contributed by atoms with Crippen LogP contribution in [0.4, 0.5) is 0 Å². The van der Waals surface area contributed by atoms with Crippen molar-refractivity contribution in [1.82, 2.24) is 29.6 Å². The molecule has 1 aliphatic heterocycles. The highest BCUT2D eigenvalue weighted by Crippen LogP contribution is 2.31. The summed E-state index contributed by atoms with van der Waals surface area (Å²) in [5.41, 5.74) is 4.20. The molecule has 0 bridgehead atoms. The number of halogens is 2. The zero-order chi connectivity index (χ0) is 22.2. The number of imidazole rings is 1. The molecule has 0 radical (unpaired) electrons. The summed E-state index contributed by atoms with van der Waals surface area (Å²) in [5, 5.41) is 19.7. The van der Waals surface area contributed by atoms with Crippen LogP contribution in [0.25, 0.3) is 5.69 Å². The molecular weight excluding hydrogens is 447 g/mol. The van der Waals surface area contributed by atoms with Gasteiger partial charge < -0.3 is 5.11 Å². The van der Waals surface area contributed by atoms with E-state index in [4.69, 9.17) is 23.2 Å². The van der Waals surface area contributed by atoms with Crippen LogP contribution in [0, 0.1) is 6.92 Å². The van der Waals surface area contributed by atoms with Gasteiger partial charge in [0.2, 0.25) is 0 Å². The minimum absolute atomic E-state index is 0.156. The zero-order valence-electron chi connectivity index (χ0n) is 17.4. The van der Waals surface area contributed by atoms with Gasteiger partial charge in [0.15, 0.2) is 12.1 Å². The molecule has 0 amide bonds. The maximum Gasteiger partial charge on any atom is 0.194 e. The molecule has 2 aromatic carbocycles. The molecule has 7 nitrogen and oxygen atoms in total. The summed E-state index contributed by atoms with van der Waals surface area (Å²) in [5.74, 6) is 1.15. The highest BCUT2D eigenvalue weighted by molar-refractivity contribution is 6.35. The molecule has 2 N–H and O–H groups in total. The average Bonchev–Trinajstić information content (AvgIpc) is 3.37. The molecule has 2 unspecified atom stereocenters. The van der Waals surface area contributed by atoms with Gasteiger partial charge in [0.1, 0.15) is 12.2 Å². The lowest BCUT2D eigenvalue weighted by atomic mass is 10.1. The number of aryl methyl sites for hydroxylation is 2.